The van der Waals surface area contributed by atoms with Crippen LogP contribution in [0.25, 0.3) is 0 Å². The predicted octanol–water partition coefficient (Wildman–Crippen LogP) is -3.13. The van der Waals surface area contributed by atoms with Gasteiger partial charge in [0.25, 0.3) is 0 Å². The second-order valence-corrected chi connectivity index (χ2v) is 0.805. The van der Waals surface area contributed by atoms with E-state index in [4.69, 9.17) is 9.59 Å². The molecule has 0 aliphatic heterocycles. The molecule has 0 aromatic rings. The zero-order valence-electron chi connectivity index (χ0n) is 5.28. The lowest BCUT2D eigenvalue weighted by molar-refractivity contribution is 0.255. The van der Waals surface area contributed by atoms with E-state index in [2.05, 4.69) is 34.6 Å². The highest BCUT2D eigenvalue weighted by Gasteiger charge is 1.61. The second kappa shape index (κ2) is 15.7. The van der Waals surface area contributed by atoms with Crippen LogP contribution in [-0.4, -0.2) is 12.1 Å². The Kier molecular flexibility index (Phi) is 24.7. The molecule has 0 radical (unpaired) electrons. The Balaban J connectivity index is -0.0000000787. The third-order valence-electron chi connectivity index (χ3n) is 0. The predicted molar refractivity (Wildman–Crippen MR) is 35.9 cm³/mol. The molecule has 0 fully saturated rings. The standard InChI is InChI=1S/2CH4N2O.H4N2/c2*2-1(3)4;1-2/h2*(H4,2,3,4);1-2H2. The number of hydrazine groups is 1. The molecule has 0 heterocycles. The van der Waals surface area contributed by atoms with Gasteiger partial charge in [-0.3, -0.25) is 11.7 Å². The summed E-state index contributed by atoms with van der Waals surface area (Å²) in [5.74, 6) is 8.00. The second-order valence-electron chi connectivity index (χ2n) is 0.805. The fraction of sp³-hybridized carbons (Fsp3) is 0. The highest BCUT2D eigenvalue weighted by molar-refractivity contribution is 5.69. The highest BCUT2D eigenvalue weighted by Crippen LogP contribution is 1.26. The van der Waals surface area contributed by atoms with Gasteiger partial charge < -0.3 is 22.9 Å². The van der Waals surface area contributed by atoms with Crippen LogP contribution < -0.4 is 34.6 Å². The van der Waals surface area contributed by atoms with Crippen molar-refractivity contribution in [3.05, 3.63) is 0 Å². The van der Waals surface area contributed by atoms with Gasteiger partial charge in [0.05, 0.1) is 0 Å². The van der Waals surface area contributed by atoms with Crippen molar-refractivity contribution in [2.24, 2.45) is 34.6 Å². The third-order valence-corrected chi connectivity index (χ3v) is 0. The Hall–Kier alpha value is -1.54. The lowest BCUT2D eigenvalue weighted by Crippen LogP contribution is -2.18. The minimum Gasteiger partial charge on any atom is -0.352 e. The molecule has 62 valence electrons. The van der Waals surface area contributed by atoms with E-state index < -0.39 is 12.1 Å². The minimum atomic E-state index is -0.833. The Bertz CT molecular complexity index is 71.7. The first-order chi connectivity index (χ1) is 4.46. The van der Waals surface area contributed by atoms with Gasteiger partial charge in [-0.1, -0.05) is 0 Å². The van der Waals surface area contributed by atoms with Crippen LogP contribution in [0.4, 0.5) is 9.59 Å². The number of carbonyl (C=O) groups excluding carboxylic acids is 2. The van der Waals surface area contributed by atoms with E-state index in [0.717, 1.165) is 0 Å². The van der Waals surface area contributed by atoms with Crippen molar-refractivity contribution in [2.75, 3.05) is 0 Å². The number of hydrogen-bond acceptors (Lipinski definition) is 4. The van der Waals surface area contributed by atoms with Gasteiger partial charge in [0, 0.05) is 0 Å². The largest absolute Gasteiger partial charge is 0.352 e. The molecule has 8 nitrogen and oxygen atoms in total. The van der Waals surface area contributed by atoms with Gasteiger partial charge in [-0.15, -0.1) is 0 Å². The van der Waals surface area contributed by atoms with E-state index in [-0.39, 0.29) is 0 Å². The summed E-state index contributed by atoms with van der Waals surface area (Å²) >= 11 is 0. The topological polar surface area (TPSA) is 190 Å². The van der Waals surface area contributed by atoms with E-state index in [1.165, 1.54) is 0 Å². The third kappa shape index (κ3) is 81.2. The molecular formula is C2H12N6O2. The van der Waals surface area contributed by atoms with Crippen molar-refractivity contribution in [2.45, 2.75) is 0 Å². The van der Waals surface area contributed by atoms with Gasteiger partial charge >= 0.3 is 12.1 Å². The molecule has 0 spiro atoms. The number of hydrogen-bond donors (Lipinski definition) is 6. The maximum Gasteiger partial charge on any atom is 0.309 e. The van der Waals surface area contributed by atoms with Crippen LogP contribution in [0, 0.1) is 0 Å². The molecule has 0 saturated heterocycles. The molecule has 0 aliphatic rings. The Morgan fingerprint density at radius 3 is 0.700 bits per heavy atom. The van der Waals surface area contributed by atoms with Crippen molar-refractivity contribution >= 4 is 12.1 Å². The minimum absolute atomic E-state index is 0.833. The summed E-state index contributed by atoms with van der Waals surface area (Å²) in [6, 6.07) is -1.67. The summed E-state index contributed by atoms with van der Waals surface area (Å²) < 4.78 is 0. The van der Waals surface area contributed by atoms with Gasteiger partial charge in [-0.2, -0.15) is 0 Å². The molecule has 0 aliphatic carbocycles. The summed E-state index contributed by atoms with van der Waals surface area (Å²) in [5, 5.41) is 0. The lowest BCUT2D eigenvalue weighted by atomic mass is 11.2. The van der Waals surface area contributed by atoms with Gasteiger partial charge in [0.15, 0.2) is 0 Å². The summed E-state index contributed by atoms with van der Waals surface area (Å²) in [6.07, 6.45) is 0. The Morgan fingerprint density at radius 1 is 0.700 bits per heavy atom. The maximum absolute atomic E-state index is 9.00. The molecule has 4 amide bonds. The van der Waals surface area contributed by atoms with E-state index in [9.17, 15) is 0 Å². The van der Waals surface area contributed by atoms with E-state index in [1.54, 1.807) is 0 Å². The smallest absolute Gasteiger partial charge is 0.309 e. The molecule has 10 heavy (non-hydrogen) atoms. The van der Waals surface area contributed by atoms with Crippen LogP contribution in [0.5, 0.6) is 0 Å². The molecule has 0 bridgehead atoms. The molecule has 0 unspecified atom stereocenters. The van der Waals surface area contributed by atoms with Crippen molar-refractivity contribution in [3.63, 3.8) is 0 Å². The van der Waals surface area contributed by atoms with Crippen molar-refractivity contribution in [3.8, 4) is 0 Å². The highest BCUT2D eigenvalue weighted by atomic mass is 16.2. The van der Waals surface area contributed by atoms with E-state index in [1.807, 2.05) is 0 Å². The van der Waals surface area contributed by atoms with Crippen LogP contribution in [0.1, 0.15) is 0 Å². The van der Waals surface area contributed by atoms with Gasteiger partial charge in [0.1, 0.15) is 0 Å². The lowest BCUT2D eigenvalue weighted by Gasteiger charge is -1.62. The van der Waals surface area contributed by atoms with E-state index >= 15 is 0 Å². The molecule has 8 heteroatoms. The zero-order valence-corrected chi connectivity index (χ0v) is 5.28. The number of urea groups is 2. The van der Waals surface area contributed by atoms with Crippen LogP contribution in [0.15, 0.2) is 0 Å². The zero-order chi connectivity index (χ0) is 9.15. The Labute approximate surface area is 57.4 Å². The van der Waals surface area contributed by atoms with Gasteiger partial charge in [-0.25, -0.2) is 9.59 Å². The van der Waals surface area contributed by atoms with Crippen molar-refractivity contribution in [1.82, 2.24) is 0 Å². The Morgan fingerprint density at radius 2 is 0.700 bits per heavy atom. The SMILES string of the molecule is NC(N)=O.NC(N)=O.NN. The molecular weight excluding hydrogens is 140 g/mol. The average molecular weight is 152 g/mol. The molecule has 0 aromatic heterocycles. The van der Waals surface area contributed by atoms with Crippen molar-refractivity contribution in [1.29, 1.82) is 0 Å². The number of primary amides is 4. The van der Waals surface area contributed by atoms with Crippen LogP contribution >= 0.6 is 0 Å². The number of carbonyl (C=O) groups is 2. The first kappa shape index (κ1) is 15.8. The summed E-state index contributed by atoms with van der Waals surface area (Å²) in [7, 11) is 0. The van der Waals surface area contributed by atoms with Crippen molar-refractivity contribution < 1.29 is 9.59 Å². The first-order valence-electron chi connectivity index (χ1n) is 1.90. The molecule has 12 N–H and O–H groups in total. The molecule has 0 rings (SSSR count). The van der Waals surface area contributed by atoms with Crippen LogP contribution in [-0.2, 0) is 0 Å². The van der Waals surface area contributed by atoms with E-state index in [0.29, 0.717) is 0 Å². The number of nitrogens with two attached hydrogens (primary N) is 6. The maximum atomic E-state index is 9.00. The molecule has 0 atom stereocenters. The number of rotatable bonds is 0. The quantitative estimate of drug-likeness (QED) is 0.158. The fourth-order valence-corrected chi connectivity index (χ4v) is 0. The fourth-order valence-electron chi connectivity index (χ4n) is 0. The van der Waals surface area contributed by atoms with Crippen LogP contribution in [0.3, 0.4) is 0 Å². The summed E-state index contributed by atoms with van der Waals surface area (Å²) in [5.41, 5.74) is 17.0. The molecule has 0 saturated carbocycles. The van der Waals surface area contributed by atoms with Crippen LogP contribution in [0.2, 0.25) is 0 Å². The normalized spacial score (nSPS) is 5.40. The number of amides is 4. The summed E-state index contributed by atoms with van der Waals surface area (Å²) in [4.78, 5) is 18.0. The molecule has 0 aromatic carbocycles. The monoisotopic (exact) mass is 152 g/mol. The van der Waals surface area contributed by atoms with Gasteiger partial charge in [-0.05, 0) is 0 Å². The summed E-state index contributed by atoms with van der Waals surface area (Å²) in [6.45, 7) is 0. The van der Waals surface area contributed by atoms with Gasteiger partial charge in [0.2, 0.25) is 0 Å². The average Bonchev–Trinajstić information content (AvgIpc) is 1.66. The first-order valence-corrected chi connectivity index (χ1v) is 1.90.